The van der Waals surface area contributed by atoms with Gasteiger partial charge in [-0.25, -0.2) is 0 Å². The molecular formula is C25H27N. The van der Waals surface area contributed by atoms with E-state index in [4.69, 9.17) is 0 Å². The summed E-state index contributed by atoms with van der Waals surface area (Å²) in [6, 6.07) is 19.7. The summed E-state index contributed by atoms with van der Waals surface area (Å²) in [6.07, 6.45) is 8.22. The maximum absolute atomic E-state index is 3.80. The molecule has 1 aliphatic rings. The van der Waals surface area contributed by atoms with E-state index in [0.29, 0.717) is 5.92 Å². The quantitative estimate of drug-likeness (QED) is 0.392. The second-order valence-corrected chi connectivity index (χ2v) is 7.52. The Morgan fingerprint density at radius 2 is 1.77 bits per heavy atom. The average Bonchev–Trinajstić information content (AvgIpc) is 3.48. The number of fused-ring (bicyclic) bond motifs is 1. The summed E-state index contributed by atoms with van der Waals surface area (Å²) in [5.74, 6) is 7.98. The van der Waals surface area contributed by atoms with E-state index in [9.17, 15) is 0 Å². The highest BCUT2D eigenvalue weighted by Gasteiger charge is 2.48. The number of para-hydroxylation sites is 1. The summed E-state index contributed by atoms with van der Waals surface area (Å²) in [6.45, 7) is 2.23. The molecule has 1 aliphatic carbocycles. The van der Waals surface area contributed by atoms with Gasteiger partial charge in [0.1, 0.15) is 0 Å². The van der Waals surface area contributed by atoms with Gasteiger partial charge in [-0.15, -0.1) is 5.92 Å². The number of hydrogen-bond acceptors (Lipinski definition) is 0. The third-order valence-electron chi connectivity index (χ3n) is 5.68. The van der Waals surface area contributed by atoms with Gasteiger partial charge < -0.3 is 4.57 Å². The largest absolute Gasteiger partial charge is 0.350 e. The molecule has 132 valence electrons. The molecule has 1 heteroatoms. The lowest BCUT2D eigenvalue weighted by molar-refractivity contribution is 0.579. The zero-order valence-corrected chi connectivity index (χ0v) is 15.8. The molecule has 3 aromatic rings. The Morgan fingerprint density at radius 1 is 1.04 bits per heavy atom. The monoisotopic (exact) mass is 341 g/mol. The minimum absolute atomic E-state index is 0.185. The summed E-state index contributed by atoms with van der Waals surface area (Å²) in [4.78, 5) is 0. The van der Waals surface area contributed by atoms with Crippen LogP contribution in [0.5, 0.6) is 0 Å². The molecule has 0 radical (unpaired) electrons. The number of rotatable bonds is 5. The fourth-order valence-corrected chi connectivity index (χ4v) is 4.19. The lowest BCUT2D eigenvalue weighted by atomic mass is 9.71. The molecule has 1 atom stereocenters. The standard InChI is InChI=1S/C25H27N/c1-3-4-5-11-18-25(21-16-17-21,20-12-7-6-8-13-20)23-19-26(2)24-15-10-9-14-22(23)24/h6-10,12-15,19,21H,3-5,16-17H2,1-2H3. The fraction of sp³-hybridized carbons (Fsp3) is 0.360. The highest BCUT2D eigenvalue weighted by atomic mass is 14.9. The number of aromatic nitrogens is 1. The predicted molar refractivity (Wildman–Crippen MR) is 110 cm³/mol. The first-order valence-corrected chi connectivity index (χ1v) is 9.87. The van der Waals surface area contributed by atoms with Gasteiger partial charge in [0, 0.05) is 36.1 Å². The highest BCUT2D eigenvalue weighted by Crippen LogP contribution is 2.53. The van der Waals surface area contributed by atoms with E-state index in [2.05, 4.69) is 91.2 Å². The van der Waals surface area contributed by atoms with Gasteiger partial charge in [0.05, 0.1) is 5.41 Å². The molecule has 0 N–H and O–H groups in total. The number of unbranched alkanes of at least 4 members (excludes halogenated alkanes) is 2. The third-order valence-corrected chi connectivity index (χ3v) is 5.68. The average molecular weight is 341 g/mol. The first-order valence-electron chi connectivity index (χ1n) is 9.87. The Hall–Kier alpha value is -2.46. The molecule has 26 heavy (non-hydrogen) atoms. The van der Waals surface area contributed by atoms with E-state index in [-0.39, 0.29) is 5.41 Å². The van der Waals surface area contributed by atoms with Gasteiger partial charge in [0.2, 0.25) is 0 Å². The number of nitrogens with zero attached hydrogens (tertiary/aromatic N) is 1. The van der Waals surface area contributed by atoms with E-state index in [1.165, 1.54) is 47.7 Å². The van der Waals surface area contributed by atoms with Crippen molar-refractivity contribution in [3.8, 4) is 11.8 Å². The van der Waals surface area contributed by atoms with Crippen molar-refractivity contribution in [2.75, 3.05) is 0 Å². The van der Waals surface area contributed by atoms with Crippen molar-refractivity contribution in [1.82, 2.24) is 4.57 Å². The Balaban J connectivity index is 1.96. The third kappa shape index (κ3) is 2.84. The van der Waals surface area contributed by atoms with Crippen LogP contribution >= 0.6 is 0 Å². The molecular weight excluding hydrogens is 314 g/mol. The molecule has 4 rings (SSSR count). The van der Waals surface area contributed by atoms with Crippen molar-refractivity contribution in [3.63, 3.8) is 0 Å². The van der Waals surface area contributed by atoms with E-state index < -0.39 is 0 Å². The smallest absolute Gasteiger partial charge is 0.0860 e. The van der Waals surface area contributed by atoms with Crippen LogP contribution < -0.4 is 0 Å². The van der Waals surface area contributed by atoms with Crippen LogP contribution in [-0.4, -0.2) is 4.57 Å². The summed E-state index contributed by atoms with van der Waals surface area (Å²) in [5, 5.41) is 1.34. The fourth-order valence-electron chi connectivity index (χ4n) is 4.19. The molecule has 1 nitrogen and oxygen atoms in total. The Labute approximate surface area is 157 Å². The molecule has 0 spiro atoms. The van der Waals surface area contributed by atoms with Crippen molar-refractivity contribution < 1.29 is 0 Å². The first-order chi connectivity index (χ1) is 12.8. The van der Waals surface area contributed by atoms with Crippen molar-refractivity contribution >= 4 is 10.9 Å². The van der Waals surface area contributed by atoms with E-state index in [1.54, 1.807) is 0 Å². The number of benzene rings is 2. The Bertz CT molecular complexity index is 950. The van der Waals surface area contributed by atoms with Crippen LogP contribution in [0.4, 0.5) is 0 Å². The van der Waals surface area contributed by atoms with E-state index in [1.807, 2.05) is 0 Å². The topological polar surface area (TPSA) is 4.93 Å². The van der Waals surface area contributed by atoms with E-state index >= 15 is 0 Å². The van der Waals surface area contributed by atoms with Crippen molar-refractivity contribution in [2.45, 2.75) is 44.4 Å². The lowest BCUT2D eigenvalue weighted by Gasteiger charge is -2.30. The normalized spacial score (nSPS) is 16.1. The summed E-state index contributed by atoms with van der Waals surface area (Å²) >= 11 is 0. The van der Waals surface area contributed by atoms with Gasteiger partial charge in [-0.05, 0) is 36.8 Å². The van der Waals surface area contributed by atoms with Crippen LogP contribution in [0.15, 0.2) is 60.8 Å². The molecule has 0 bridgehead atoms. The van der Waals surface area contributed by atoms with Gasteiger partial charge in [-0.2, -0.15) is 0 Å². The number of aryl methyl sites for hydroxylation is 1. The molecule has 1 saturated carbocycles. The van der Waals surface area contributed by atoms with Gasteiger partial charge >= 0.3 is 0 Å². The molecule has 0 aliphatic heterocycles. The van der Waals surface area contributed by atoms with Crippen LogP contribution in [0.2, 0.25) is 0 Å². The minimum atomic E-state index is -0.185. The Morgan fingerprint density at radius 3 is 2.50 bits per heavy atom. The molecule has 0 saturated heterocycles. The Kier molecular flexibility index (Phi) is 4.60. The maximum atomic E-state index is 3.80. The summed E-state index contributed by atoms with van der Waals surface area (Å²) in [7, 11) is 2.15. The molecule has 1 heterocycles. The van der Waals surface area contributed by atoms with Crippen LogP contribution in [0.1, 0.15) is 50.2 Å². The highest BCUT2D eigenvalue weighted by molar-refractivity contribution is 5.86. The lowest BCUT2D eigenvalue weighted by Crippen LogP contribution is -2.28. The van der Waals surface area contributed by atoms with Crippen molar-refractivity contribution in [3.05, 3.63) is 71.9 Å². The SMILES string of the molecule is CCCCC#CC(c1ccccc1)(c1cn(C)c2ccccc12)C1CC1. The van der Waals surface area contributed by atoms with Crippen LogP contribution in [0.25, 0.3) is 10.9 Å². The van der Waals surface area contributed by atoms with Crippen molar-refractivity contribution in [2.24, 2.45) is 13.0 Å². The predicted octanol–water partition coefficient (Wildman–Crippen LogP) is 6.07. The zero-order chi connectivity index (χ0) is 18.0. The molecule has 2 aromatic carbocycles. The van der Waals surface area contributed by atoms with Crippen LogP contribution in [0, 0.1) is 17.8 Å². The molecule has 1 aromatic heterocycles. The summed E-state index contributed by atoms with van der Waals surface area (Å²) in [5.41, 5.74) is 3.84. The zero-order valence-electron chi connectivity index (χ0n) is 15.8. The second-order valence-electron chi connectivity index (χ2n) is 7.52. The van der Waals surface area contributed by atoms with Gasteiger partial charge in [-0.3, -0.25) is 0 Å². The first kappa shape index (κ1) is 17.0. The minimum Gasteiger partial charge on any atom is -0.350 e. The van der Waals surface area contributed by atoms with Crippen LogP contribution in [0.3, 0.4) is 0 Å². The summed E-state index contributed by atoms with van der Waals surface area (Å²) < 4.78 is 2.26. The van der Waals surface area contributed by atoms with Gasteiger partial charge in [0.25, 0.3) is 0 Å². The maximum Gasteiger partial charge on any atom is 0.0860 e. The van der Waals surface area contributed by atoms with E-state index in [0.717, 1.165) is 6.42 Å². The molecule has 0 amide bonds. The molecule has 1 unspecified atom stereocenters. The van der Waals surface area contributed by atoms with Crippen LogP contribution in [-0.2, 0) is 12.5 Å². The second kappa shape index (κ2) is 7.04. The van der Waals surface area contributed by atoms with Gasteiger partial charge in [0.15, 0.2) is 0 Å². The van der Waals surface area contributed by atoms with Gasteiger partial charge in [-0.1, -0.05) is 67.8 Å². The molecule has 1 fully saturated rings. The van der Waals surface area contributed by atoms with Crippen molar-refractivity contribution in [1.29, 1.82) is 0 Å². The number of hydrogen-bond donors (Lipinski definition) is 0.